The summed E-state index contributed by atoms with van der Waals surface area (Å²) in [6.07, 6.45) is -2.08. The summed E-state index contributed by atoms with van der Waals surface area (Å²) in [5.74, 6) is 0. The molecule has 10 atom stereocenters. The fraction of sp³-hybridized carbons (Fsp3) is 1.00. The number of rotatable bonds is 22. The molecule has 7 N–H and O–H groups in total. The van der Waals surface area contributed by atoms with Crippen molar-refractivity contribution < 1.29 is 64.2 Å². The molecular weight excluding hydrogens is 544 g/mol. The average molecular weight is 599 g/mol. The normalized spacial score (nSPS) is 34.2. The van der Waals surface area contributed by atoms with Crippen LogP contribution in [0, 0.1) is 0 Å². The largest absolute Gasteiger partial charge is 0.394 e. The third-order valence-corrected chi connectivity index (χ3v) is 7.48. The number of ether oxygens (including phenoxy) is 6. The van der Waals surface area contributed by atoms with Gasteiger partial charge in [0, 0.05) is 6.61 Å². The van der Waals surface area contributed by atoms with Crippen molar-refractivity contribution in [3.05, 3.63) is 0 Å². The average Bonchev–Trinajstić information content (AvgIpc) is 2.98. The van der Waals surface area contributed by atoms with Gasteiger partial charge in [-0.15, -0.1) is 0 Å². The number of hydrogen-bond acceptors (Lipinski definition) is 13. The fourth-order valence-corrected chi connectivity index (χ4v) is 4.93. The number of hydrogen-bond donors (Lipinski definition) is 7. The first-order valence-corrected chi connectivity index (χ1v) is 15.2. The van der Waals surface area contributed by atoms with Crippen molar-refractivity contribution in [2.24, 2.45) is 0 Å². The smallest absolute Gasteiger partial charge is 0.187 e. The summed E-state index contributed by atoms with van der Waals surface area (Å²) in [4.78, 5) is 0. The monoisotopic (exact) mass is 598 g/mol. The lowest BCUT2D eigenvalue weighted by atomic mass is 9.97. The summed E-state index contributed by atoms with van der Waals surface area (Å²) in [6.45, 7) is 2.72. The third kappa shape index (κ3) is 12.5. The maximum absolute atomic E-state index is 10.6. The van der Waals surface area contributed by atoms with Gasteiger partial charge >= 0.3 is 0 Å². The van der Waals surface area contributed by atoms with Crippen LogP contribution in [0.5, 0.6) is 0 Å². The van der Waals surface area contributed by atoms with Crippen LogP contribution in [0.2, 0.25) is 0 Å². The van der Waals surface area contributed by atoms with Gasteiger partial charge in [0.1, 0.15) is 48.8 Å². The van der Waals surface area contributed by atoms with Gasteiger partial charge in [-0.05, 0) is 6.42 Å². The second-order valence-electron chi connectivity index (χ2n) is 10.8. The molecule has 0 aromatic rings. The standard InChI is InChI=1S/C28H54O13/c1-2-3-4-5-6-7-8-9-10-11-12-36-13-14-37-15-16-38-27-25(35)23(33)26(20(18-30)40-27)41-28-24(34)22(32)21(31)19(17-29)39-28/h19-35H,2-18H2,1H3/t19-,20-,21+,22+,23-,24-,25-,26-,27+,28+/m1/s1. The highest BCUT2D eigenvalue weighted by molar-refractivity contribution is 4.94. The quantitative estimate of drug-likeness (QED) is 0.0795. The molecule has 13 heteroatoms. The van der Waals surface area contributed by atoms with E-state index in [1.807, 2.05) is 0 Å². The predicted octanol–water partition coefficient (Wildman–Crippen LogP) is -0.419. The van der Waals surface area contributed by atoms with Crippen LogP contribution in [0.4, 0.5) is 0 Å². The van der Waals surface area contributed by atoms with Gasteiger partial charge in [-0.25, -0.2) is 0 Å². The lowest BCUT2D eigenvalue weighted by molar-refractivity contribution is -0.359. The Morgan fingerprint density at radius 2 is 1.02 bits per heavy atom. The summed E-state index contributed by atoms with van der Waals surface area (Å²) in [5, 5.41) is 70.3. The lowest BCUT2D eigenvalue weighted by Gasteiger charge is -2.45. The van der Waals surface area contributed by atoms with E-state index >= 15 is 0 Å². The molecule has 2 aliphatic heterocycles. The molecule has 2 heterocycles. The molecule has 0 spiro atoms. The van der Waals surface area contributed by atoms with Gasteiger partial charge in [-0.2, -0.15) is 0 Å². The minimum Gasteiger partial charge on any atom is -0.394 e. The van der Waals surface area contributed by atoms with Gasteiger partial charge in [-0.3, -0.25) is 0 Å². The van der Waals surface area contributed by atoms with Crippen LogP contribution in [-0.4, -0.2) is 143 Å². The highest BCUT2D eigenvalue weighted by atomic mass is 16.7. The van der Waals surface area contributed by atoms with E-state index in [-0.39, 0.29) is 13.2 Å². The van der Waals surface area contributed by atoms with E-state index in [9.17, 15) is 35.7 Å². The Hall–Kier alpha value is -0.520. The van der Waals surface area contributed by atoms with Crippen LogP contribution in [-0.2, 0) is 28.4 Å². The first-order valence-electron chi connectivity index (χ1n) is 15.2. The number of unbranched alkanes of at least 4 members (excludes halogenated alkanes) is 9. The molecule has 2 fully saturated rings. The number of aliphatic hydroxyl groups excluding tert-OH is 7. The molecule has 0 radical (unpaired) electrons. The summed E-state index contributed by atoms with van der Waals surface area (Å²) in [7, 11) is 0. The second kappa shape index (κ2) is 21.2. The van der Waals surface area contributed by atoms with Gasteiger partial charge in [0.25, 0.3) is 0 Å². The predicted molar refractivity (Wildman–Crippen MR) is 146 cm³/mol. The Morgan fingerprint density at radius 1 is 0.512 bits per heavy atom. The van der Waals surface area contributed by atoms with Crippen molar-refractivity contribution >= 4 is 0 Å². The van der Waals surface area contributed by atoms with Crippen molar-refractivity contribution in [1.82, 2.24) is 0 Å². The molecule has 41 heavy (non-hydrogen) atoms. The van der Waals surface area contributed by atoms with E-state index in [1.165, 1.54) is 57.8 Å². The minimum atomic E-state index is -1.72. The maximum Gasteiger partial charge on any atom is 0.187 e. The Kier molecular flexibility index (Phi) is 19.0. The van der Waals surface area contributed by atoms with Gasteiger partial charge in [0.2, 0.25) is 0 Å². The molecule has 2 rings (SSSR count). The Bertz CT molecular complexity index is 640. The minimum absolute atomic E-state index is 0.0449. The summed E-state index contributed by atoms with van der Waals surface area (Å²) in [5.41, 5.74) is 0. The van der Waals surface area contributed by atoms with E-state index in [1.54, 1.807) is 0 Å². The van der Waals surface area contributed by atoms with Crippen LogP contribution >= 0.6 is 0 Å². The van der Waals surface area contributed by atoms with Crippen LogP contribution in [0.15, 0.2) is 0 Å². The molecule has 2 aliphatic rings. The molecule has 244 valence electrons. The zero-order chi connectivity index (χ0) is 30.0. The Morgan fingerprint density at radius 3 is 1.63 bits per heavy atom. The molecule has 2 saturated heterocycles. The van der Waals surface area contributed by atoms with Crippen LogP contribution in [0.3, 0.4) is 0 Å². The molecule has 0 amide bonds. The highest BCUT2D eigenvalue weighted by Gasteiger charge is 2.50. The summed E-state index contributed by atoms with van der Waals surface area (Å²) < 4.78 is 32.9. The second-order valence-corrected chi connectivity index (χ2v) is 10.8. The summed E-state index contributed by atoms with van der Waals surface area (Å²) >= 11 is 0. The zero-order valence-corrected chi connectivity index (χ0v) is 24.4. The Balaban J connectivity index is 1.56. The fourth-order valence-electron chi connectivity index (χ4n) is 4.93. The first kappa shape index (κ1) is 36.7. The maximum atomic E-state index is 10.6. The van der Waals surface area contributed by atoms with Crippen LogP contribution in [0.1, 0.15) is 71.1 Å². The van der Waals surface area contributed by atoms with E-state index in [4.69, 9.17) is 28.4 Å². The van der Waals surface area contributed by atoms with Gasteiger partial charge in [0.15, 0.2) is 12.6 Å². The van der Waals surface area contributed by atoms with Crippen molar-refractivity contribution in [2.75, 3.05) is 46.2 Å². The number of aliphatic hydroxyl groups is 7. The molecule has 0 aromatic heterocycles. The van der Waals surface area contributed by atoms with Gasteiger partial charge < -0.3 is 64.2 Å². The molecule has 0 aromatic carbocycles. The van der Waals surface area contributed by atoms with Crippen molar-refractivity contribution in [2.45, 2.75) is 133 Å². The van der Waals surface area contributed by atoms with Gasteiger partial charge in [-0.1, -0.05) is 64.7 Å². The van der Waals surface area contributed by atoms with Crippen LogP contribution < -0.4 is 0 Å². The van der Waals surface area contributed by atoms with Crippen molar-refractivity contribution in [3.8, 4) is 0 Å². The third-order valence-electron chi connectivity index (χ3n) is 7.48. The SMILES string of the molecule is CCCCCCCCCCCCOCCOCCO[C@H]1O[C@H](CO)[C@@H](O[C@@H]2O[C@H](CO)[C@H](O)[C@H](O)[C@H]2O)[C@H](O)[C@H]1O. The molecule has 0 saturated carbocycles. The lowest BCUT2D eigenvalue weighted by Crippen LogP contribution is -2.64. The van der Waals surface area contributed by atoms with Gasteiger partial charge in [0.05, 0.1) is 39.6 Å². The van der Waals surface area contributed by atoms with Crippen molar-refractivity contribution in [3.63, 3.8) is 0 Å². The highest BCUT2D eigenvalue weighted by Crippen LogP contribution is 2.29. The Labute approximate surface area is 243 Å². The molecular formula is C28H54O13. The molecule has 0 unspecified atom stereocenters. The molecule has 0 bridgehead atoms. The van der Waals surface area contributed by atoms with E-state index in [0.29, 0.717) is 19.8 Å². The molecule has 13 nitrogen and oxygen atoms in total. The molecule has 0 aliphatic carbocycles. The topological polar surface area (TPSA) is 197 Å². The first-order chi connectivity index (χ1) is 19.8. The zero-order valence-electron chi connectivity index (χ0n) is 24.4. The van der Waals surface area contributed by atoms with E-state index < -0.39 is 74.6 Å². The van der Waals surface area contributed by atoms with E-state index in [0.717, 1.165) is 6.42 Å². The van der Waals surface area contributed by atoms with Crippen LogP contribution in [0.25, 0.3) is 0 Å². The van der Waals surface area contributed by atoms with Crippen molar-refractivity contribution in [1.29, 1.82) is 0 Å². The van der Waals surface area contributed by atoms with E-state index in [2.05, 4.69) is 6.92 Å². The summed E-state index contributed by atoms with van der Waals surface area (Å²) in [6, 6.07) is 0.